The quantitative estimate of drug-likeness (QED) is 0.727. The summed E-state index contributed by atoms with van der Waals surface area (Å²) < 4.78 is 0. The molecule has 2 nitrogen and oxygen atoms in total. The molecule has 3 aromatic rings. The standard InChI is InChI=1S/C22H17NO/c24-22(23-17-19-11-5-2-6-12-19)21-14-8-7-13-20(21)16-15-18-9-3-1-4-10-18/h1-14H,17H2,(H,23,24). The molecule has 0 bridgehead atoms. The second kappa shape index (κ2) is 7.80. The molecule has 0 radical (unpaired) electrons. The Morgan fingerprint density at radius 2 is 1.38 bits per heavy atom. The van der Waals surface area contributed by atoms with Crippen LogP contribution in [0.15, 0.2) is 84.9 Å². The van der Waals surface area contributed by atoms with Gasteiger partial charge in [0.25, 0.3) is 5.91 Å². The fourth-order valence-corrected chi connectivity index (χ4v) is 2.32. The molecular formula is C22H17NO. The van der Waals surface area contributed by atoms with Crippen LogP contribution < -0.4 is 5.32 Å². The smallest absolute Gasteiger partial charge is 0.252 e. The van der Waals surface area contributed by atoms with E-state index in [1.165, 1.54) is 0 Å². The molecule has 2 heteroatoms. The van der Waals surface area contributed by atoms with Crippen LogP contribution in [0.1, 0.15) is 27.0 Å². The first-order chi connectivity index (χ1) is 11.8. The molecule has 0 saturated carbocycles. The second-order valence-electron chi connectivity index (χ2n) is 5.33. The minimum atomic E-state index is -0.114. The molecule has 3 rings (SSSR count). The first-order valence-electron chi connectivity index (χ1n) is 7.81. The van der Waals surface area contributed by atoms with E-state index in [1.807, 2.05) is 78.9 Å². The van der Waals surface area contributed by atoms with E-state index in [1.54, 1.807) is 6.07 Å². The van der Waals surface area contributed by atoms with Gasteiger partial charge in [-0.1, -0.05) is 72.5 Å². The summed E-state index contributed by atoms with van der Waals surface area (Å²) >= 11 is 0. The molecule has 0 saturated heterocycles. The molecule has 3 aromatic carbocycles. The molecule has 116 valence electrons. The van der Waals surface area contributed by atoms with Crippen molar-refractivity contribution in [2.24, 2.45) is 0 Å². The van der Waals surface area contributed by atoms with E-state index in [9.17, 15) is 4.79 Å². The molecule has 1 amide bonds. The van der Waals surface area contributed by atoms with Crippen LogP contribution >= 0.6 is 0 Å². The van der Waals surface area contributed by atoms with Gasteiger partial charge < -0.3 is 5.32 Å². The first-order valence-corrected chi connectivity index (χ1v) is 7.81. The summed E-state index contributed by atoms with van der Waals surface area (Å²) in [5.74, 6) is 6.08. The van der Waals surface area contributed by atoms with Gasteiger partial charge in [0.1, 0.15) is 0 Å². The maximum atomic E-state index is 12.5. The van der Waals surface area contributed by atoms with Crippen LogP contribution in [0.4, 0.5) is 0 Å². The second-order valence-corrected chi connectivity index (χ2v) is 5.33. The van der Waals surface area contributed by atoms with Gasteiger partial charge in [0.15, 0.2) is 0 Å². The molecule has 0 heterocycles. The van der Waals surface area contributed by atoms with Gasteiger partial charge in [0, 0.05) is 17.7 Å². The molecule has 24 heavy (non-hydrogen) atoms. The summed E-state index contributed by atoms with van der Waals surface area (Å²) in [5.41, 5.74) is 3.32. The Balaban J connectivity index is 1.76. The number of hydrogen-bond donors (Lipinski definition) is 1. The number of hydrogen-bond acceptors (Lipinski definition) is 1. The van der Waals surface area contributed by atoms with E-state index in [-0.39, 0.29) is 5.91 Å². The van der Waals surface area contributed by atoms with Crippen LogP contribution in [0.3, 0.4) is 0 Å². The maximum Gasteiger partial charge on any atom is 0.252 e. The van der Waals surface area contributed by atoms with E-state index in [4.69, 9.17) is 0 Å². The van der Waals surface area contributed by atoms with Gasteiger partial charge in [-0.05, 0) is 29.8 Å². The van der Waals surface area contributed by atoms with E-state index in [0.29, 0.717) is 12.1 Å². The molecule has 0 aromatic heterocycles. The van der Waals surface area contributed by atoms with Crippen molar-refractivity contribution in [3.05, 3.63) is 107 Å². The summed E-state index contributed by atoms with van der Waals surface area (Å²) in [6.07, 6.45) is 0. The van der Waals surface area contributed by atoms with Gasteiger partial charge in [0.2, 0.25) is 0 Å². The minimum Gasteiger partial charge on any atom is -0.348 e. The lowest BCUT2D eigenvalue weighted by molar-refractivity contribution is 0.0950. The van der Waals surface area contributed by atoms with Gasteiger partial charge in [0.05, 0.1) is 5.56 Å². The molecule has 0 unspecified atom stereocenters. The Hall–Kier alpha value is -3.31. The lowest BCUT2D eigenvalue weighted by Crippen LogP contribution is -2.23. The Labute approximate surface area is 142 Å². The van der Waals surface area contributed by atoms with Crippen LogP contribution in [-0.2, 0) is 6.54 Å². The summed E-state index contributed by atoms with van der Waals surface area (Å²) in [6, 6.07) is 27.0. The van der Waals surface area contributed by atoms with Crippen LogP contribution in [0, 0.1) is 11.8 Å². The lowest BCUT2D eigenvalue weighted by Gasteiger charge is -2.07. The highest BCUT2D eigenvalue weighted by molar-refractivity contribution is 5.96. The lowest BCUT2D eigenvalue weighted by atomic mass is 10.1. The fourth-order valence-electron chi connectivity index (χ4n) is 2.32. The third-order valence-electron chi connectivity index (χ3n) is 3.58. The molecule has 0 aliphatic rings. The van der Waals surface area contributed by atoms with E-state index >= 15 is 0 Å². The minimum absolute atomic E-state index is 0.114. The summed E-state index contributed by atoms with van der Waals surface area (Å²) in [5, 5.41) is 2.95. The van der Waals surface area contributed by atoms with Crippen molar-refractivity contribution in [3.63, 3.8) is 0 Å². The third kappa shape index (κ3) is 4.12. The largest absolute Gasteiger partial charge is 0.348 e. The van der Waals surface area contributed by atoms with Gasteiger partial charge in [-0.25, -0.2) is 0 Å². The molecule has 0 spiro atoms. The topological polar surface area (TPSA) is 29.1 Å². The van der Waals surface area contributed by atoms with Crippen molar-refractivity contribution in [2.45, 2.75) is 6.54 Å². The van der Waals surface area contributed by atoms with Crippen molar-refractivity contribution in [3.8, 4) is 11.8 Å². The predicted molar refractivity (Wildman–Crippen MR) is 96.5 cm³/mol. The van der Waals surface area contributed by atoms with Gasteiger partial charge in [-0.2, -0.15) is 0 Å². The molecule has 0 aliphatic heterocycles. The van der Waals surface area contributed by atoms with Crippen molar-refractivity contribution in [1.82, 2.24) is 5.32 Å². The van der Waals surface area contributed by atoms with Crippen molar-refractivity contribution >= 4 is 5.91 Å². The number of carbonyl (C=O) groups excluding carboxylic acids is 1. The Bertz CT molecular complexity index is 874. The normalized spacial score (nSPS) is 9.67. The van der Waals surface area contributed by atoms with Crippen molar-refractivity contribution in [1.29, 1.82) is 0 Å². The van der Waals surface area contributed by atoms with Crippen LogP contribution in [0.25, 0.3) is 0 Å². The zero-order valence-corrected chi connectivity index (χ0v) is 13.2. The van der Waals surface area contributed by atoms with Gasteiger partial charge >= 0.3 is 0 Å². The number of rotatable bonds is 3. The third-order valence-corrected chi connectivity index (χ3v) is 3.58. The van der Waals surface area contributed by atoms with Crippen LogP contribution in [0.2, 0.25) is 0 Å². The van der Waals surface area contributed by atoms with Crippen molar-refractivity contribution < 1.29 is 4.79 Å². The molecule has 0 atom stereocenters. The number of amides is 1. The number of benzene rings is 3. The maximum absolute atomic E-state index is 12.5. The predicted octanol–water partition coefficient (Wildman–Crippen LogP) is 4.02. The summed E-state index contributed by atoms with van der Waals surface area (Å²) in [6.45, 7) is 0.500. The molecule has 1 N–H and O–H groups in total. The highest BCUT2D eigenvalue weighted by atomic mass is 16.1. The SMILES string of the molecule is O=C(NCc1ccccc1)c1ccccc1C#Cc1ccccc1. The zero-order chi connectivity index (χ0) is 16.6. The van der Waals surface area contributed by atoms with Crippen LogP contribution in [-0.4, -0.2) is 5.91 Å². The average Bonchev–Trinajstić information content (AvgIpc) is 2.66. The molecule has 0 fully saturated rings. The molecular weight excluding hydrogens is 294 g/mol. The monoisotopic (exact) mass is 311 g/mol. The Kier molecular flexibility index (Phi) is 5.07. The highest BCUT2D eigenvalue weighted by Gasteiger charge is 2.09. The Morgan fingerprint density at radius 3 is 2.12 bits per heavy atom. The number of nitrogens with one attached hydrogen (secondary N) is 1. The van der Waals surface area contributed by atoms with E-state index in [0.717, 1.165) is 16.7 Å². The first kappa shape index (κ1) is 15.6. The van der Waals surface area contributed by atoms with E-state index in [2.05, 4.69) is 17.2 Å². The fraction of sp³-hybridized carbons (Fsp3) is 0.0455. The zero-order valence-electron chi connectivity index (χ0n) is 13.2. The van der Waals surface area contributed by atoms with E-state index < -0.39 is 0 Å². The summed E-state index contributed by atoms with van der Waals surface area (Å²) in [7, 11) is 0. The van der Waals surface area contributed by atoms with Crippen LogP contribution in [0.5, 0.6) is 0 Å². The molecule has 0 aliphatic carbocycles. The highest BCUT2D eigenvalue weighted by Crippen LogP contribution is 2.09. The Morgan fingerprint density at radius 1 is 0.750 bits per heavy atom. The van der Waals surface area contributed by atoms with Crippen molar-refractivity contribution in [2.75, 3.05) is 0 Å². The average molecular weight is 311 g/mol. The number of carbonyl (C=O) groups is 1. The van der Waals surface area contributed by atoms with Gasteiger partial charge in [-0.15, -0.1) is 0 Å². The van der Waals surface area contributed by atoms with Gasteiger partial charge in [-0.3, -0.25) is 4.79 Å². The summed E-state index contributed by atoms with van der Waals surface area (Å²) in [4.78, 5) is 12.5.